The number of nitrogens with one attached hydrogen (secondary N) is 1. The van der Waals surface area contributed by atoms with Crippen molar-refractivity contribution in [2.24, 2.45) is 10.4 Å². The Morgan fingerprint density at radius 3 is 2.93 bits per heavy atom. The molecule has 1 aromatic heterocycles. The molecule has 3 nitrogen and oxygen atoms in total. The van der Waals surface area contributed by atoms with Gasteiger partial charge in [0.2, 0.25) is 0 Å². The smallest absolute Gasteiger partial charge is 0.161 e. The Bertz CT molecular complexity index is 359. The molecule has 0 aromatic carbocycles. The zero-order valence-electron chi connectivity index (χ0n) is 9.03. The third-order valence-corrected chi connectivity index (χ3v) is 3.59. The molecule has 0 atom stereocenters. The molecule has 1 aromatic rings. The third kappa shape index (κ3) is 2.96. The molecule has 0 saturated heterocycles. The van der Waals surface area contributed by atoms with Gasteiger partial charge in [-0.25, -0.2) is 0 Å². The van der Waals surface area contributed by atoms with Crippen LogP contribution in [0.1, 0.15) is 13.8 Å². The first-order valence-corrected chi connectivity index (χ1v) is 5.99. The minimum atomic E-state index is 0.324. The largest absolute Gasteiger partial charge is 0.334 e. The molecule has 0 fully saturated rings. The summed E-state index contributed by atoms with van der Waals surface area (Å²) in [5.74, 6) is 1.11. The second-order valence-electron chi connectivity index (χ2n) is 4.44. The average molecular weight is 221 g/mol. The van der Waals surface area contributed by atoms with Crippen LogP contribution in [0.4, 0.5) is 5.69 Å². The minimum absolute atomic E-state index is 0.324. The zero-order valence-corrected chi connectivity index (χ0v) is 9.84. The van der Waals surface area contributed by atoms with Crippen LogP contribution in [-0.4, -0.2) is 22.4 Å². The fourth-order valence-electron chi connectivity index (χ4n) is 1.28. The van der Waals surface area contributed by atoms with Crippen molar-refractivity contribution in [3.63, 3.8) is 0 Å². The number of nitrogens with zero attached hydrogens (tertiary/aromatic N) is 2. The fraction of sp³-hybridized carbons (Fsp3) is 0.455. The molecular formula is C11H15N3S. The highest BCUT2D eigenvalue weighted by Gasteiger charge is 2.23. The maximum atomic E-state index is 4.52. The molecule has 1 aliphatic heterocycles. The molecule has 0 bridgehead atoms. The normalized spacial score (nSPS) is 19.5. The number of amidine groups is 1. The lowest BCUT2D eigenvalue weighted by molar-refractivity contribution is 0.438. The summed E-state index contributed by atoms with van der Waals surface area (Å²) >= 11 is 1.78. The van der Waals surface area contributed by atoms with Gasteiger partial charge in [0, 0.05) is 18.5 Å². The first kappa shape index (κ1) is 10.5. The van der Waals surface area contributed by atoms with Gasteiger partial charge in [0.25, 0.3) is 0 Å². The van der Waals surface area contributed by atoms with Crippen molar-refractivity contribution in [2.75, 3.05) is 17.6 Å². The van der Waals surface area contributed by atoms with Gasteiger partial charge in [-0.3, -0.25) is 9.98 Å². The van der Waals surface area contributed by atoms with Gasteiger partial charge in [-0.2, -0.15) is 0 Å². The van der Waals surface area contributed by atoms with Gasteiger partial charge in [-0.15, -0.1) is 0 Å². The Kier molecular flexibility index (Phi) is 2.95. The van der Waals surface area contributed by atoms with Gasteiger partial charge in [0.15, 0.2) is 5.17 Å². The summed E-state index contributed by atoms with van der Waals surface area (Å²) in [6, 6.07) is 3.91. The Morgan fingerprint density at radius 1 is 1.47 bits per heavy atom. The summed E-state index contributed by atoms with van der Waals surface area (Å²) in [6.45, 7) is 5.37. The lowest BCUT2D eigenvalue weighted by Gasteiger charge is -2.27. The minimum Gasteiger partial charge on any atom is -0.334 e. The van der Waals surface area contributed by atoms with Gasteiger partial charge in [0.1, 0.15) is 0 Å². The van der Waals surface area contributed by atoms with Crippen LogP contribution < -0.4 is 5.32 Å². The van der Waals surface area contributed by atoms with Crippen LogP contribution in [0, 0.1) is 5.41 Å². The van der Waals surface area contributed by atoms with Crippen molar-refractivity contribution in [3.8, 4) is 0 Å². The molecule has 0 spiro atoms. The molecule has 0 radical (unpaired) electrons. The van der Waals surface area contributed by atoms with Crippen LogP contribution in [0.3, 0.4) is 0 Å². The number of aliphatic imine (C=N–C) groups is 1. The number of hydrogen-bond donors (Lipinski definition) is 1. The molecule has 0 aliphatic carbocycles. The molecule has 1 aliphatic rings. The number of pyridine rings is 1. The van der Waals surface area contributed by atoms with E-state index in [1.807, 2.05) is 18.3 Å². The van der Waals surface area contributed by atoms with Crippen LogP contribution in [-0.2, 0) is 0 Å². The van der Waals surface area contributed by atoms with E-state index in [1.54, 1.807) is 18.0 Å². The second-order valence-corrected chi connectivity index (χ2v) is 5.41. The van der Waals surface area contributed by atoms with Crippen molar-refractivity contribution in [2.45, 2.75) is 13.8 Å². The van der Waals surface area contributed by atoms with Crippen molar-refractivity contribution < 1.29 is 0 Å². The molecule has 2 heterocycles. The first-order valence-electron chi connectivity index (χ1n) is 5.00. The van der Waals surface area contributed by atoms with Crippen molar-refractivity contribution in [1.29, 1.82) is 0 Å². The second kappa shape index (κ2) is 4.23. The van der Waals surface area contributed by atoms with Gasteiger partial charge in [-0.1, -0.05) is 25.6 Å². The molecule has 0 saturated carbocycles. The first-order chi connectivity index (χ1) is 7.16. The Balaban J connectivity index is 2.00. The van der Waals surface area contributed by atoms with Crippen LogP contribution in [0.15, 0.2) is 29.5 Å². The molecule has 1 N–H and O–H groups in total. The highest BCUT2D eigenvalue weighted by atomic mass is 32.2. The van der Waals surface area contributed by atoms with E-state index in [-0.39, 0.29) is 0 Å². The van der Waals surface area contributed by atoms with E-state index < -0.39 is 0 Å². The highest BCUT2D eigenvalue weighted by molar-refractivity contribution is 8.14. The number of rotatable bonds is 1. The van der Waals surface area contributed by atoms with Gasteiger partial charge in [0.05, 0.1) is 11.9 Å². The Morgan fingerprint density at radius 2 is 2.33 bits per heavy atom. The fourth-order valence-corrected chi connectivity index (χ4v) is 2.24. The number of anilines is 1. The van der Waals surface area contributed by atoms with Crippen molar-refractivity contribution in [1.82, 2.24) is 4.98 Å². The zero-order chi connectivity index (χ0) is 10.7. The predicted octanol–water partition coefficient (Wildman–Crippen LogP) is 2.62. The summed E-state index contributed by atoms with van der Waals surface area (Å²) < 4.78 is 0. The quantitative estimate of drug-likeness (QED) is 0.792. The van der Waals surface area contributed by atoms with Crippen LogP contribution in [0.5, 0.6) is 0 Å². The van der Waals surface area contributed by atoms with Crippen LogP contribution >= 0.6 is 11.8 Å². The van der Waals surface area contributed by atoms with Gasteiger partial charge >= 0.3 is 0 Å². The lowest BCUT2D eigenvalue weighted by atomic mass is 9.97. The summed E-state index contributed by atoms with van der Waals surface area (Å²) in [7, 11) is 0. The molecule has 80 valence electrons. The number of thioether (sulfide) groups is 1. The van der Waals surface area contributed by atoms with E-state index in [0.29, 0.717) is 5.41 Å². The van der Waals surface area contributed by atoms with E-state index in [9.17, 15) is 0 Å². The molecule has 4 heteroatoms. The van der Waals surface area contributed by atoms with Crippen molar-refractivity contribution >= 4 is 22.6 Å². The van der Waals surface area contributed by atoms with Crippen LogP contribution in [0.25, 0.3) is 0 Å². The van der Waals surface area contributed by atoms with E-state index >= 15 is 0 Å². The topological polar surface area (TPSA) is 37.3 Å². The van der Waals surface area contributed by atoms with E-state index in [4.69, 9.17) is 0 Å². The molecule has 2 rings (SSSR count). The lowest BCUT2D eigenvalue weighted by Crippen LogP contribution is -2.27. The molecule has 0 unspecified atom stereocenters. The number of hydrogen-bond acceptors (Lipinski definition) is 4. The predicted molar refractivity (Wildman–Crippen MR) is 66.4 cm³/mol. The summed E-state index contributed by atoms with van der Waals surface area (Å²) in [5, 5.41) is 4.27. The van der Waals surface area contributed by atoms with E-state index in [0.717, 1.165) is 23.2 Å². The Hall–Kier alpha value is -1.03. The molecule has 15 heavy (non-hydrogen) atoms. The summed E-state index contributed by atoms with van der Waals surface area (Å²) in [5.41, 5.74) is 1.33. The van der Waals surface area contributed by atoms with E-state index in [2.05, 4.69) is 29.1 Å². The molecular weight excluding hydrogens is 206 g/mol. The third-order valence-electron chi connectivity index (χ3n) is 2.16. The summed E-state index contributed by atoms with van der Waals surface area (Å²) in [6.07, 6.45) is 3.58. The maximum Gasteiger partial charge on any atom is 0.161 e. The van der Waals surface area contributed by atoms with E-state index in [1.165, 1.54) is 0 Å². The van der Waals surface area contributed by atoms with Gasteiger partial charge in [-0.05, 0) is 17.5 Å². The van der Waals surface area contributed by atoms with Gasteiger partial charge < -0.3 is 5.32 Å². The van der Waals surface area contributed by atoms with Crippen molar-refractivity contribution in [3.05, 3.63) is 24.5 Å². The summed E-state index contributed by atoms with van der Waals surface area (Å²) in [4.78, 5) is 8.57. The number of aromatic nitrogens is 1. The SMILES string of the molecule is CC1(C)CN=C(Nc2cccnc2)SC1. The molecule has 0 amide bonds. The maximum absolute atomic E-state index is 4.52. The Labute approximate surface area is 94.4 Å². The van der Waals surface area contributed by atoms with Crippen LogP contribution in [0.2, 0.25) is 0 Å². The highest BCUT2D eigenvalue weighted by Crippen LogP contribution is 2.28. The average Bonchev–Trinajstić information content (AvgIpc) is 2.23. The monoisotopic (exact) mass is 221 g/mol. The standard InChI is InChI=1S/C11H15N3S/c1-11(2)7-13-10(15-8-11)14-9-4-3-5-12-6-9/h3-6H,7-8H2,1-2H3,(H,13,14).